The second kappa shape index (κ2) is 60.5. The van der Waals surface area contributed by atoms with Gasteiger partial charge in [-0.1, -0.05) is 243 Å². The fraction of sp³-hybridized carbons (Fsp3) is 0.833. The molecule has 0 aromatic heterocycles. The maximum Gasteiger partial charge on any atom is 0.472 e. The van der Waals surface area contributed by atoms with Crippen LogP contribution in [0.2, 0.25) is 0 Å². The summed E-state index contributed by atoms with van der Waals surface area (Å²) in [5.74, 6) is -1.47. The van der Waals surface area contributed by atoms with Crippen molar-refractivity contribution in [3.63, 3.8) is 0 Å². The number of phosphoric ester groups is 1. The Morgan fingerprint density at radius 1 is 0.359 bits per heavy atom. The molecule has 0 aliphatic carbocycles. The van der Waals surface area contributed by atoms with Gasteiger partial charge in [-0.25, -0.2) is 4.57 Å². The van der Waals surface area contributed by atoms with Gasteiger partial charge in [0.25, 0.3) is 0 Å². The zero-order valence-corrected chi connectivity index (χ0v) is 51.5. The highest BCUT2D eigenvalue weighted by Gasteiger charge is 2.28. The van der Waals surface area contributed by atoms with Crippen molar-refractivity contribution in [1.29, 1.82) is 0 Å². The van der Waals surface area contributed by atoms with Gasteiger partial charge in [0, 0.05) is 19.3 Å². The maximum absolute atomic E-state index is 13.0. The monoisotopic (exact) mass is 1120 g/mol. The number of carbonyl (C=O) groups is 3. The Morgan fingerprint density at radius 3 is 0.987 bits per heavy atom. The molecule has 0 radical (unpaired) electrons. The van der Waals surface area contributed by atoms with Crippen LogP contribution in [0.25, 0.3) is 0 Å². The Kier molecular flexibility index (Phi) is 58.5. The normalized spacial score (nSPS) is 13.6. The van der Waals surface area contributed by atoms with Gasteiger partial charge in [-0.3, -0.25) is 23.4 Å². The first-order chi connectivity index (χ1) is 38.2. The van der Waals surface area contributed by atoms with E-state index in [1.807, 2.05) is 0 Å². The molecule has 0 heterocycles. The number of aliphatic hydroxyl groups excluding tert-OH is 1. The van der Waals surface area contributed by atoms with Crippen LogP contribution in [0, 0.1) is 0 Å². The Bertz CT molecular complexity index is 1490. The molecule has 11 nitrogen and oxygen atoms in total. The fourth-order valence-electron chi connectivity index (χ4n) is 9.20. The van der Waals surface area contributed by atoms with Crippen molar-refractivity contribution in [2.45, 2.75) is 328 Å². The van der Waals surface area contributed by atoms with E-state index in [4.69, 9.17) is 23.3 Å². The molecule has 0 spiro atoms. The molecule has 12 heteroatoms. The Hall–Kier alpha value is -2.56. The lowest BCUT2D eigenvalue weighted by atomic mass is 10.1. The zero-order chi connectivity index (χ0) is 56.9. The Labute approximate surface area is 479 Å². The molecule has 0 saturated carbocycles. The van der Waals surface area contributed by atoms with Crippen molar-refractivity contribution in [1.82, 2.24) is 0 Å². The fourth-order valence-corrected chi connectivity index (χ4v) is 9.99. The minimum absolute atomic E-state index is 0.162. The lowest BCUT2D eigenvalue weighted by Gasteiger charge is -2.21. The van der Waals surface area contributed by atoms with Crippen LogP contribution in [0.1, 0.15) is 316 Å². The van der Waals surface area contributed by atoms with E-state index in [-0.39, 0.29) is 25.9 Å². The number of hydrogen-bond donors (Lipinski definition) is 2. The maximum atomic E-state index is 13.0. The molecule has 3 atom stereocenters. The summed E-state index contributed by atoms with van der Waals surface area (Å²) in [6.07, 6.45) is 66.3. The Balaban J connectivity index is 4.69. The molecule has 3 unspecified atom stereocenters. The van der Waals surface area contributed by atoms with Crippen molar-refractivity contribution in [3.8, 4) is 0 Å². The van der Waals surface area contributed by atoms with E-state index in [0.717, 1.165) is 89.9 Å². The molecule has 0 amide bonds. The first-order valence-corrected chi connectivity index (χ1v) is 34.0. The quantitative estimate of drug-likeness (QED) is 0.0197. The number of esters is 3. The van der Waals surface area contributed by atoms with Gasteiger partial charge < -0.3 is 24.2 Å². The third kappa shape index (κ3) is 58.1. The standard InChI is InChI=1S/C66H121O11P/c1-4-7-10-13-16-19-22-25-28-30-31-33-35-37-40-43-46-49-52-55-64(68)73-59-63(77-66(70)57-54-51-48-45-42-39-36-32-29-26-23-20-17-14-11-8-5-2)61-75-78(71,72)74-60-62(58-67)76-65(69)56-53-50-47-44-41-38-34-27-24-21-18-15-12-9-6-3/h18,21,25-29,34,62-63,67H,4-17,19-20,22-24,30-33,35-61H2,1-3H3,(H,71,72)/b21-18-,28-25-,29-26-,34-27-. The van der Waals surface area contributed by atoms with Crippen LogP contribution in [0.4, 0.5) is 0 Å². The van der Waals surface area contributed by atoms with E-state index in [9.17, 15) is 28.9 Å². The predicted molar refractivity (Wildman–Crippen MR) is 325 cm³/mol. The minimum atomic E-state index is -4.76. The summed E-state index contributed by atoms with van der Waals surface area (Å²) in [6, 6.07) is 0. The molecule has 0 aromatic carbocycles. The number of unbranched alkanes of at least 4 members (excludes halogenated alkanes) is 36. The third-order valence-electron chi connectivity index (χ3n) is 14.2. The van der Waals surface area contributed by atoms with Crippen molar-refractivity contribution < 1.29 is 52.2 Å². The van der Waals surface area contributed by atoms with E-state index < -0.39 is 57.8 Å². The molecule has 78 heavy (non-hydrogen) atoms. The van der Waals surface area contributed by atoms with Gasteiger partial charge in [-0.15, -0.1) is 0 Å². The first-order valence-electron chi connectivity index (χ1n) is 32.5. The molecular formula is C66H121O11P. The molecular weight excluding hydrogens is 1000 g/mol. The predicted octanol–water partition coefficient (Wildman–Crippen LogP) is 19.7. The van der Waals surface area contributed by atoms with Crippen LogP contribution in [-0.2, 0) is 42.2 Å². The largest absolute Gasteiger partial charge is 0.472 e. The lowest BCUT2D eigenvalue weighted by molar-refractivity contribution is -0.161. The van der Waals surface area contributed by atoms with Gasteiger partial charge >= 0.3 is 25.7 Å². The number of allylic oxidation sites excluding steroid dienone is 8. The van der Waals surface area contributed by atoms with Crippen LogP contribution in [0.5, 0.6) is 0 Å². The molecule has 0 rings (SSSR count). The second-order valence-electron chi connectivity index (χ2n) is 21.9. The highest BCUT2D eigenvalue weighted by Crippen LogP contribution is 2.43. The summed E-state index contributed by atoms with van der Waals surface area (Å²) in [6.45, 7) is 4.64. The van der Waals surface area contributed by atoms with Gasteiger partial charge in [-0.05, 0) is 103 Å². The molecule has 0 aromatic rings. The van der Waals surface area contributed by atoms with Crippen molar-refractivity contribution in [2.24, 2.45) is 0 Å². The first kappa shape index (κ1) is 75.4. The highest BCUT2D eigenvalue weighted by molar-refractivity contribution is 7.47. The molecule has 456 valence electrons. The summed E-state index contributed by atoms with van der Waals surface area (Å²) in [5, 5.41) is 9.84. The number of phosphoric acid groups is 1. The number of ether oxygens (including phenoxy) is 3. The van der Waals surface area contributed by atoms with Crippen molar-refractivity contribution in [3.05, 3.63) is 48.6 Å². The third-order valence-corrected chi connectivity index (χ3v) is 15.1. The highest BCUT2D eigenvalue weighted by atomic mass is 31.2. The molecule has 0 aliphatic rings. The van der Waals surface area contributed by atoms with Crippen LogP contribution in [-0.4, -0.2) is 66.5 Å². The van der Waals surface area contributed by atoms with Crippen molar-refractivity contribution in [2.75, 3.05) is 26.4 Å². The van der Waals surface area contributed by atoms with Gasteiger partial charge in [0.1, 0.15) is 12.7 Å². The van der Waals surface area contributed by atoms with Crippen LogP contribution < -0.4 is 0 Å². The minimum Gasteiger partial charge on any atom is -0.462 e. The average Bonchev–Trinajstić information content (AvgIpc) is 3.43. The van der Waals surface area contributed by atoms with Gasteiger partial charge in [-0.2, -0.15) is 0 Å². The van der Waals surface area contributed by atoms with Crippen LogP contribution >= 0.6 is 7.82 Å². The molecule has 0 bridgehead atoms. The molecule has 0 aliphatic heterocycles. The van der Waals surface area contributed by atoms with E-state index in [0.29, 0.717) is 19.3 Å². The summed E-state index contributed by atoms with van der Waals surface area (Å²) in [7, 11) is -4.76. The van der Waals surface area contributed by atoms with Crippen LogP contribution in [0.3, 0.4) is 0 Å². The second-order valence-corrected chi connectivity index (χ2v) is 23.4. The molecule has 2 N–H and O–H groups in total. The molecule has 0 fully saturated rings. The average molecular weight is 1120 g/mol. The Morgan fingerprint density at radius 2 is 0.628 bits per heavy atom. The van der Waals surface area contributed by atoms with E-state index in [1.165, 1.54) is 167 Å². The zero-order valence-electron chi connectivity index (χ0n) is 50.6. The number of carbonyl (C=O) groups excluding carboxylic acids is 3. The van der Waals surface area contributed by atoms with Gasteiger partial charge in [0.2, 0.25) is 0 Å². The van der Waals surface area contributed by atoms with E-state index in [1.54, 1.807) is 0 Å². The smallest absolute Gasteiger partial charge is 0.462 e. The SMILES string of the molecule is CCCCC/C=C\C/C=C\CCCCCCCC(=O)OC(CO)COP(=O)(O)OCC(COC(=O)CCCCCCCCCCC/C=C\CCCCCCCC)OC(=O)CCCCCCCCC/C=C\CCCCCCCC. The van der Waals surface area contributed by atoms with Crippen molar-refractivity contribution >= 4 is 25.7 Å². The van der Waals surface area contributed by atoms with Gasteiger partial charge in [0.15, 0.2) is 6.10 Å². The van der Waals surface area contributed by atoms with E-state index >= 15 is 0 Å². The summed E-state index contributed by atoms with van der Waals surface area (Å²) in [4.78, 5) is 48.7. The number of hydrogen-bond acceptors (Lipinski definition) is 10. The van der Waals surface area contributed by atoms with Crippen LogP contribution in [0.15, 0.2) is 48.6 Å². The summed E-state index contributed by atoms with van der Waals surface area (Å²) >= 11 is 0. The van der Waals surface area contributed by atoms with E-state index in [2.05, 4.69) is 69.4 Å². The number of aliphatic hydroxyl groups is 1. The van der Waals surface area contributed by atoms with Gasteiger partial charge in [0.05, 0.1) is 19.8 Å². The summed E-state index contributed by atoms with van der Waals surface area (Å²) in [5.41, 5.74) is 0. The lowest BCUT2D eigenvalue weighted by Crippen LogP contribution is -2.30. The molecule has 0 saturated heterocycles. The number of rotatable bonds is 61. The summed E-state index contributed by atoms with van der Waals surface area (Å²) < 4.78 is 39.7. The topological polar surface area (TPSA) is 155 Å².